The zero-order valence-corrected chi connectivity index (χ0v) is 13.4. The third kappa shape index (κ3) is 3.80. The normalized spacial score (nSPS) is 10.8. The monoisotopic (exact) mass is 352 g/mol. The molecule has 0 fully saturated rings. The fraction of sp³-hybridized carbons (Fsp3) is 0.214. The number of hydrogen-bond acceptors (Lipinski definition) is 4. The van der Waals surface area contributed by atoms with Gasteiger partial charge in [0.05, 0.1) is 5.56 Å². The lowest BCUT2D eigenvalue weighted by molar-refractivity contribution is 0.0696. The largest absolute Gasteiger partial charge is 0.478 e. The molecule has 0 aromatic carbocycles. The average molecular weight is 353 g/mol. The maximum Gasteiger partial charge on any atom is 0.335 e. The van der Waals surface area contributed by atoms with Crippen molar-refractivity contribution in [2.45, 2.75) is 29.8 Å². The molecule has 0 spiro atoms. The van der Waals surface area contributed by atoms with Crippen molar-refractivity contribution in [1.29, 1.82) is 0 Å². The SMILES string of the molecule is CC(C)c1cc(C(=O)O)cc(Sc2ccc(Br)cn2)n1. The minimum absolute atomic E-state index is 0.173. The Hall–Kier alpha value is -1.40. The second kappa shape index (κ2) is 6.37. The van der Waals surface area contributed by atoms with E-state index in [0.717, 1.165) is 15.2 Å². The number of rotatable bonds is 4. The quantitative estimate of drug-likeness (QED) is 0.892. The van der Waals surface area contributed by atoms with Crippen LogP contribution in [0.4, 0.5) is 0 Å². The average Bonchev–Trinajstić information content (AvgIpc) is 2.41. The summed E-state index contributed by atoms with van der Waals surface area (Å²) in [6, 6.07) is 6.94. The van der Waals surface area contributed by atoms with Crippen LogP contribution in [-0.2, 0) is 0 Å². The second-order valence-corrected chi connectivity index (χ2v) is 6.45. The molecule has 0 aliphatic rings. The summed E-state index contributed by atoms with van der Waals surface area (Å²) in [5, 5.41) is 10.6. The number of aromatic carboxylic acids is 1. The summed E-state index contributed by atoms with van der Waals surface area (Å²) in [4.78, 5) is 19.9. The van der Waals surface area contributed by atoms with E-state index in [9.17, 15) is 4.79 Å². The highest BCUT2D eigenvalue weighted by Gasteiger charge is 2.12. The number of carboxylic acid groups (broad SMARTS) is 1. The van der Waals surface area contributed by atoms with E-state index in [1.165, 1.54) is 11.8 Å². The van der Waals surface area contributed by atoms with E-state index < -0.39 is 5.97 Å². The standard InChI is InChI=1S/C14H13BrN2O2S/c1-8(2)11-5-9(14(18)19)6-13(17-11)20-12-4-3-10(15)7-16-12/h3-8H,1-2H3,(H,18,19). The molecule has 2 aromatic heterocycles. The number of halogens is 1. The highest BCUT2D eigenvalue weighted by molar-refractivity contribution is 9.10. The van der Waals surface area contributed by atoms with Crippen molar-refractivity contribution in [1.82, 2.24) is 9.97 Å². The van der Waals surface area contributed by atoms with Gasteiger partial charge in [-0.15, -0.1) is 0 Å². The topological polar surface area (TPSA) is 63.1 Å². The van der Waals surface area contributed by atoms with Crippen LogP contribution in [0.5, 0.6) is 0 Å². The van der Waals surface area contributed by atoms with Crippen molar-refractivity contribution in [3.05, 3.63) is 46.2 Å². The Morgan fingerprint density at radius 3 is 2.60 bits per heavy atom. The maximum atomic E-state index is 11.2. The summed E-state index contributed by atoms with van der Waals surface area (Å²) in [7, 11) is 0. The number of hydrogen-bond donors (Lipinski definition) is 1. The molecule has 104 valence electrons. The van der Waals surface area contributed by atoms with Crippen LogP contribution in [0.1, 0.15) is 35.8 Å². The molecule has 1 N–H and O–H groups in total. The minimum atomic E-state index is -0.945. The van der Waals surface area contributed by atoms with Crippen LogP contribution in [-0.4, -0.2) is 21.0 Å². The van der Waals surface area contributed by atoms with Gasteiger partial charge in [0.25, 0.3) is 0 Å². The summed E-state index contributed by atoms with van der Waals surface area (Å²) in [5.74, 6) is -0.772. The molecule has 0 radical (unpaired) electrons. The minimum Gasteiger partial charge on any atom is -0.478 e. The summed E-state index contributed by atoms with van der Waals surface area (Å²) in [5.41, 5.74) is 1.02. The van der Waals surface area contributed by atoms with Crippen molar-refractivity contribution >= 4 is 33.7 Å². The second-order valence-electron chi connectivity index (χ2n) is 4.50. The van der Waals surface area contributed by atoms with Gasteiger partial charge in [0.1, 0.15) is 10.1 Å². The number of carboxylic acids is 1. The van der Waals surface area contributed by atoms with E-state index in [2.05, 4.69) is 25.9 Å². The lowest BCUT2D eigenvalue weighted by Crippen LogP contribution is -2.02. The highest BCUT2D eigenvalue weighted by Crippen LogP contribution is 2.27. The summed E-state index contributed by atoms with van der Waals surface area (Å²) < 4.78 is 0.900. The van der Waals surface area contributed by atoms with Gasteiger partial charge in [0.2, 0.25) is 0 Å². The first-order valence-electron chi connectivity index (χ1n) is 6.00. The van der Waals surface area contributed by atoms with E-state index in [1.54, 1.807) is 18.3 Å². The molecule has 0 unspecified atom stereocenters. The van der Waals surface area contributed by atoms with Crippen molar-refractivity contribution in [3.63, 3.8) is 0 Å². The molecule has 20 heavy (non-hydrogen) atoms. The number of carbonyl (C=O) groups is 1. The predicted octanol–water partition coefficient (Wildman–Crippen LogP) is 4.21. The molecule has 0 amide bonds. The van der Waals surface area contributed by atoms with Gasteiger partial charge in [-0.05, 0) is 46.1 Å². The van der Waals surface area contributed by atoms with Crippen LogP contribution in [0, 0.1) is 0 Å². The van der Waals surface area contributed by atoms with Gasteiger partial charge in [-0.3, -0.25) is 0 Å². The third-order valence-corrected chi connectivity index (χ3v) is 3.91. The number of pyridine rings is 2. The predicted molar refractivity (Wildman–Crippen MR) is 81.3 cm³/mol. The van der Waals surface area contributed by atoms with Gasteiger partial charge in [-0.2, -0.15) is 0 Å². The molecule has 0 saturated carbocycles. The summed E-state index contributed by atoms with van der Waals surface area (Å²) in [6.45, 7) is 3.97. The third-order valence-electron chi connectivity index (χ3n) is 2.57. The van der Waals surface area contributed by atoms with Gasteiger partial charge >= 0.3 is 5.97 Å². The van der Waals surface area contributed by atoms with E-state index >= 15 is 0 Å². The van der Waals surface area contributed by atoms with Gasteiger partial charge in [-0.25, -0.2) is 14.8 Å². The van der Waals surface area contributed by atoms with Crippen LogP contribution in [0.25, 0.3) is 0 Å². The Labute approximate surface area is 129 Å². The van der Waals surface area contributed by atoms with Gasteiger partial charge in [0.15, 0.2) is 0 Å². The molecule has 0 atom stereocenters. The van der Waals surface area contributed by atoms with Crippen LogP contribution >= 0.6 is 27.7 Å². The smallest absolute Gasteiger partial charge is 0.335 e. The molecule has 2 rings (SSSR count). The summed E-state index contributed by atoms with van der Waals surface area (Å²) >= 11 is 4.68. The van der Waals surface area contributed by atoms with Crippen LogP contribution in [0.2, 0.25) is 0 Å². The molecule has 2 heterocycles. The molecular formula is C14H13BrN2O2S. The maximum absolute atomic E-state index is 11.2. The van der Waals surface area contributed by atoms with Crippen LogP contribution in [0.3, 0.4) is 0 Å². The lowest BCUT2D eigenvalue weighted by Gasteiger charge is -2.08. The molecule has 2 aromatic rings. The Morgan fingerprint density at radius 2 is 2.05 bits per heavy atom. The molecule has 0 aliphatic heterocycles. The lowest BCUT2D eigenvalue weighted by atomic mass is 10.1. The van der Waals surface area contributed by atoms with E-state index in [-0.39, 0.29) is 11.5 Å². The molecule has 0 aliphatic carbocycles. The van der Waals surface area contributed by atoms with Crippen molar-refractivity contribution in [2.75, 3.05) is 0 Å². The van der Waals surface area contributed by atoms with Gasteiger partial charge in [0, 0.05) is 16.4 Å². The first-order valence-corrected chi connectivity index (χ1v) is 7.61. The molecular weight excluding hydrogens is 340 g/mol. The fourth-order valence-corrected chi connectivity index (χ4v) is 2.55. The van der Waals surface area contributed by atoms with Gasteiger partial charge in [-0.1, -0.05) is 25.6 Å². The van der Waals surface area contributed by atoms with Crippen LogP contribution in [0.15, 0.2) is 45.0 Å². The summed E-state index contributed by atoms with van der Waals surface area (Å²) in [6.07, 6.45) is 1.70. The molecule has 4 nitrogen and oxygen atoms in total. The molecule has 0 saturated heterocycles. The van der Waals surface area contributed by atoms with Crippen LogP contribution < -0.4 is 0 Å². The van der Waals surface area contributed by atoms with E-state index in [0.29, 0.717) is 5.03 Å². The Morgan fingerprint density at radius 1 is 1.30 bits per heavy atom. The Balaban J connectivity index is 2.35. The van der Waals surface area contributed by atoms with Gasteiger partial charge < -0.3 is 5.11 Å². The van der Waals surface area contributed by atoms with Crippen molar-refractivity contribution in [3.8, 4) is 0 Å². The fourth-order valence-electron chi connectivity index (χ4n) is 1.53. The zero-order valence-electron chi connectivity index (χ0n) is 11.0. The van der Waals surface area contributed by atoms with E-state index in [4.69, 9.17) is 5.11 Å². The van der Waals surface area contributed by atoms with Crippen molar-refractivity contribution < 1.29 is 9.90 Å². The first-order chi connectivity index (χ1) is 9.45. The number of aromatic nitrogens is 2. The molecule has 0 bridgehead atoms. The first kappa shape index (κ1) is 15.0. The zero-order chi connectivity index (χ0) is 14.7. The molecule has 6 heteroatoms. The Kier molecular flexibility index (Phi) is 4.77. The van der Waals surface area contributed by atoms with Crippen molar-refractivity contribution in [2.24, 2.45) is 0 Å². The highest BCUT2D eigenvalue weighted by atomic mass is 79.9. The number of nitrogens with zero attached hydrogens (tertiary/aromatic N) is 2. The Bertz CT molecular complexity index is 630. The van der Waals surface area contributed by atoms with E-state index in [1.807, 2.05) is 26.0 Å².